The summed E-state index contributed by atoms with van der Waals surface area (Å²) in [6.45, 7) is 2.67. The maximum absolute atomic E-state index is 13.1. The first kappa shape index (κ1) is 22.6. The van der Waals surface area contributed by atoms with E-state index in [1.807, 2.05) is 0 Å². The highest BCUT2D eigenvalue weighted by Gasteiger charge is 2.33. The number of nitrogens with one attached hydrogen (secondary N) is 1. The van der Waals surface area contributed by atoms with Crippen LogP contribution in [0.1, 0.15) is 35.1 Å². The second-order valence-electron chi connectivity index (χ2n) is 6.35. The average Bonchev–Trinajstić information content (AvgIpc) is 3.13. The minimum absolute atomic E-state index is 0.0254. The average molecular weight is 466 g/mol. The Labute approximate surface area is 186 Å². The number of benzene rings is 2. The van der Waals surface area contributed by atoms with Gasteiger partial charge in [0.05, 0.1) is 17.7 Å². The second-order valence-corrected chi connectivity index (χ2v) is 7.83. The summed E-state index contributed by atoms with van der Waals surface area (Å²) in [6, 6.07) is 7.91. The third kappa shape index (κ3) is 5.15. The number of carbonyl (C=O) groups is 3. The predicted octanol–water partition coefficient (Wildman–Crippen LogP) is 3.71. The molecule has 1 N–H and O–H groups in total. The smallest absolute Gasteiger partial charge is 0.343 e. The van der Waals surface area contributed by atoms with E-state index in [4.69, 9.17) is 21.1 Å². The molecule has 1 heterocycles. The van der Waals surface area contributed by atoms with Gasteiger partial charge in [0.1, 0.15) is 11.2 Å². The number of esters is 1. The monoisotopic (exact) mass is 465 g/mol. The standard InChI is InChI=1S/C20H17ClFN3O5S/c1-10(26)23-20-24-25(11(2)27)18(31-20)13-8-15(21)17(16(9-13)29-3)30-19(28)12-4-6-14(22)7-5-12/h4-9,18H,1-3H3,(H,23,24,26). The van der Waals surface area contributed by atoms with Crippen molar-refractivity contribution in [3.63, 3.8) is 0 Å². The fraction of sp³-hybridized carbons (Fsp3) is 0.200. The molecule has 1 aliphatic heterocycles. The Morgan fingerprint density at radius 2 is 1.87 bits per heavy atom. The van der Waals surface area contributed by atoms with E-state index >= 15 is 0 Å². The predicted molar refractivity (Wildman–Crippen MR) is 113 cm³/mol. The number of ether oxygens (including phenoxy) is 2. The Morgan fingerprint density at radius 3 is 2.45 bits per heavy atom. The zero-order valence-corrected chi connectivity index (χ0v) is 18.2. The molecular formula is C20H17ClFN3O5S. The maximum Gasteiger partial charge on any atom is 0.343 e. The molecule has 0 spiro atoms. The number of nitrogens with zero attached hydrogens (tertiary/aromatic N) is 2. The number of amidine groups is 1. The highest BCUT2D eigenvalue weighted by atomic mass is 35.5. The van der Waals surface area contributed by atoms with Gasteiger partial charge in [-0.1, -0.05) is 23.4 Å². The minimum atomic E-state index is -0.746. The molecule has 1 atom stereocenters. The molecule has 11 heteroatoms. The topological polar surface area (TPSA) is 97.3 Å². The number of thioether (sulfide) groups is 1. The van der Waals surface area contributed by atoms with Crippen molar-refractivity contribution < 1.29 is 28.2 Å². The molecule has 0 radical (unpaired) electrons. The maximum atomic E-state index is 13.1. The Hall–Kier alpha value is -3.11. The van der Waals surface area contributed by atoms with Crippen LogP contribution in [-0.2, 0) is 9.59 Å². The largest absolute Gasteiger partial charge is 0.493 e. The number of methoxy groups -OCH3 is 1. The normalized spacial score (nSPS) is 15.3. The molecule has 2 aromatic carbocycles. The number of amides is 2. The quantitative estimate of drug-likeness (QED) is 0.546. The summed E-state index contributed by atoms with van der Waals surface area (Å²) in [5.74, 6) is -1.78. The van der Waals surface area contributed by atoms with Crippen LogP contribution >= 0.6 is 23.4 Å². The first-order valence-corrected chi connectivity index (χ1v) is 10.1. The van der Waals surface area contributed by atoms with Crippen LogP contribution in [0, 0.1) is 5.82 Å². The fourth-order valence-corrected chi connectivity index (χ4v) is 4.07. The molecule has 162 valence electrons. The van der Waals surface area contributed by atoms with Crippen LogP contribution in [-0.4, -0.2) is 35.1 Å². The van der Waals surface area contributed by atoms with Gasteiger partial charge in [-0.2, -0.15) is 0 Å². The number of rotatable bonds is 4. The summed E-state index contributed by atoms with van der Waals surface area (Å²) < 4.78 is 23.8. The van der Waals surface area contributed by atoms with Crippen molar-refractivity contribution in [2.45, 2.75) is 19.2 Å². The van der Waals surface area contributed by atoms with Gasteiger partial charge < -0.3 is 14.8 Å². The lowest BCUT2D eigenvalue weighted by molar-refractivity contribution is -0.129. The van der Waals surface area contributed by atoms with Crippen molar-refractivity contribution in [3.05, 3.63) is 58.4 Å². The molecule has 2 amide bonds. The van der Waals surface area contributed by atoms with Gasteiger partial charge >= 0.3 is 5.97 Å². The van der Waals surface area contributed by atoms with Gasteiger partial charge in [0.15, 0.2) is 16.7 Å². The van der Waals surface area contributed by atoms with Gasteiger partial charge in [-0.15, -0.1) is 5.10 Å². The molecular weight excluding hydrogens is 449 g/mol. The lowest BCUT2D eigenvalue weighted by Crippen LogP contribution is -2.25. The van der Waals surface area contributed by atoms with Gasteiger partial charge in [-0.05, 0) is 42.0 Å². The van der Waals surface area contributed by atoms with Crippen LogP contribution in [0.15, 0.2) is 41.5 Å². The molecule has 3 rings (SSSR count). The molecule has 1 unspecified atom stereocenters. The van der Waals surface area contributed by atoms with E-state index in [2.05, 4.69) is 10.4 Å². The summed E-state index contributed by atoms with van der Waals surface area (Å²) in [7, 11) is 1.37. The van der Waals surface area contributed by atoms with E-state index in [1.54, 1.807) is 6.07 Å². The van der Waals surface area contributed by atoms with E-state index < -0.39 is 17.2 Å². The van der Waals surface area contributed by atoms with Crippen molar-refractivity contribution in [1.29, 1.82) is 0 Å². The highest BCUT2D eigenvalue weighted by Crippen LogP contribution is 2.44. The summed E-state index contributed by atoms with van der Waals surface area (Å²) in [4.78, 5) is 35.8. The van der Waals surface area contributed by atoms with E-state index in [1.165, 1.54) is 44.2 Å². The van der Waals surface area contributed by atoms with Gasteiger partial charge in [0, 0.05) is 13.8 Å². The Balaban J connectivity index is 1.90. The molecule has 0 aromatic heterocycles. The zero-order valence-electron chi connectivity index (χ0n) is 16.6. The van der Waals surface area contributed by atoms with Gasteiger partial charge in [-0.3, -0.25) is 9.59 Å². The van der Waals surface area contributed by atoms with E-state index in [0.717, 1.165) is 23.9 Å². The molecule has 1 aliphatic rings. The van der Waals surface area contributed by atoms with Crippen LogP contribution in [0.4, 0.5) is 4.39 Å². The van der Waals surface area contributed by atoms with Crippen molar-refractivity contribution in [1.82, 2.24) is 10.3 Å². The zero-order chi connectivity index (χ0) is 22.7. The summed E-state index contributed by atoms with van der Waals surface area (Å²) in [5.41, 5.74) is 0.666. The molecule has 0 fully saturated rings. The summed E-state index contributed by atoms with van der Waals surface area (Å²) in [5, 5.41) is 7.57. The molecule has 0 aliphatic carbocycles. The van der Waals surface area contributed by atoms with Crippen molar-refractivity contribution in [2.24, 2.45) is 5.10 Å². The molecule has 31 heavy (non-hydrogen) atoms. The summed E-state index contributed by atoms with van der Waals surface area (Å²) >= 11 is 7.50. The third-order valence-corrected chi connectivity index (χ3v) is 5.44. The SMILES string of the molecule is COc1cc(C2SC(NC(C)=O)=NN2C(C)=O)cc(Cl)c1OC(=O)c1ccc(F)cc1. The lowest BCUT2D eigenvalue weighted by atomic mass is 10.2. The fourth-order valence-electron chi connectivity index (χ4n) is 2.70. The van der Waals surface area contributed by atoms with Crippen LogP contribution < -0.4 is 14.8 Å². The van der Waals surface area contributed by atoms with Crippen LogP contribution in [0.25, 0.3) is 0 Å². The number of carbonyl (C=O) groups excluding carboxylic acids is 3. The number of hydrogen-bond donors (Lipinski definition) is 1. The Kier molecular flexibility index (Phi) is 6.81. The van der Waals surface area contributed by atoms with Crippen LogP contribution in [0.2, 0.25) is 5.02 Å². The lowest BCUT2D eigenvalue weighted by Gasteiger charge is -2.21. The van der Waals surface area contributed by atoms with Crippen LogP contribution in [0.3, 0.4) is 0 Å². The molecule has 8 nitrogen and oxygen atoms in total. The van der Waals surface area contributed by atoms with Gasteiger partial charge in [0.25, 0.3) is 0 Å². The summed E-state index contributed by atoms with van der Waals surface area (Å²) in [6.07, 6.45) is 0. The number of hydrazone groups is 1. The van der Waals surface area contributed by atoms with E-state index in [0.29, 0.717) is 5.56 Å². The Bertz CT molecular complexity index is 1080. The Morgan fingerprint density at radius 1 is 1.19 bits per heavy atom. The van der Waals surface area contributed by atoms with Crippen molar-refractivity contribution >= 4 is 46.3 Å². The molecule has 0 saturated carbocycles. The van der Waals surface area contributed by atoms with Gasteiger partial charge in [-0.25, -0.2) is 14.2 Å². The first-order chi connectivity index (χ1) is 14.7. The number of halogens is 2. The van der Waals surface area contributed by atoms with Crippen molar-refractivity contribution in [3.8, 4) is 11.5 Å². The first-order valence-electron chi connectivity index (χ1n) is 8.87. The minimum Gasteiger partial charge on any atom is -0.493 e. The van der Waals surface area contributed by atoms with E-state index in [-0.39, 0.29) is 39.1 Å². The third-order valence-electron chi connectivity index (χ3n) is 4.06. The van der Waals surface area contributed by atoms with Crippen molar-refractivity contribution in [2.75, 3.05) is 7.11 Å². The number of hydrogen-bond acceptors (Lipinski definition) is 7. The molecule has 0 saturated heterocycles. The highest BCUT2D eigenvalue weighted by molar-refractivity contribution is 8.14. The molecule has 0 bridgehead atoms. The second kappa shape index (κ2) is 9.36. The van der Waals surface area contributed by atoms with E-state index in [9.17, 15) is 18.8 Å². The molecule has 2 aromatic rings. The van der Waals surface area contributed by atoms with Crippen LogP contribution in [0.5, 0.6) is 11.5 Å². The van der Waals surface area contributed by atoms with Gasteiger partial charge in [0.2, 0.25) is 11.8 Å².